The Morgan fingerprint density at radius 3 is 2.45 bits per heavy atom. The van der Waals surface area contributed by atoms with Crippen molar-refractivity contribution in [2.45, 2.75) is 34.2 Å². The first-order valence-corrected chi connectivity index (χ1v) is 8.06. The average molecular weight is 301 g/mol. The molecule has 0 saturated carbocycles. The second-order valence-electron chi connectivity index (χ2n) is 5.52. The van der Waals surface area contributed by atoms with Gasteiger partial charge in [-0.3, -0.25) is 4.57 Å². The van der Waals surface area contributed by atoms with E-state index in [1.165, 1.54) is 5.69 Å². The Bertz CT molecular complexity index is 566. The van der Waals surface area contributed by atoms with Gasteiger partial charge in [0.15, 0.2) is 0 Å². The summed E-state index contributed by atoms with van der Waals surface area (Å²) < 4.78 is 2.06. The Balaban J connectivity index is 1.98. The fourth-order valence-electron chi connectivity index (χ4n) is 2.56. The van der Waals surface area contributed by atoms with Crippen LogP contribution in [0.3, 0.4) is 0 Å². The molecule has 2 aromatic heterocycles. The minimum Gasteiger partial charge on any atom is -0.310 e. The third-order valence-corrected chi connectivity index (χ3v) is 3.82. The summed E-state index contributed by atoms with van der Waals surface area (Å²) >= 11 is 0. The molecule has 0 aliphatic heterocycles. The number of aromatic nitrogens is 3. The summed E-state index contributed by atoms with van der Waals surface area (Å²) in [5.41, 5.74) is 3.18. The van der Waals surface area contributed by atoms with E-state index in [-0.39, 0.29) is 0 Å². The lowest BCUT2D eigenvalue weighted by atomic mass is 10.3. The van der Waals surface area contributed by atoms with Crippen LogP contribution in [0.1, 0.15) is 30.9 Å². The van der Waals surface area contributed by atoms with E-state index < -0.39 is 0 Å². The van der Waals surface area contributed by atoms with Crippen molar-refractivity contribution in [2.24, 2.45) is 0 Å². The van der Waals surface area contributed by atoms with Gasteiger partial charge in [0.25, 0.3) is 0 Å². The molecular weight excluding hydrogens is 274 g/mol. The van der Waals surface area contributed by atoms with E-state index in [1.807, 2.05) is 32.2 Å². The summed E-state index contributed by atoms with van der Waals surface area (Å²) in [6, 6.07) is 6.16. The molecule has 0 aliphatic rings. The lowest BCUT2D eigenvalue weighted by molar-refractivity contribution is 0.302. The highest BCUT2D eigenvalue weighted by Gasteiger charge is 2.07. The number of hydrogen-bond acceptors (Lipinski definition) is 4. The third-order valence-electron chi connectivity index (χ3n) is 3.82. The topological polar surface area (TPSA) is 46.0 Å². The molecule has 0 bridgehead atoms. The number of nitrogens with zero attached hydrogens (tertiary/aromatic N) is 4. The molecule has 0 atom stereocenters. The van der Waals surface area contributed by atoms with Gasteiger partial charge in [0.2, 0.25) is 5.95 Å². The zero-order chi connectivity index (χ0) is 15.9. The number of rotatable bonds is 8. The van der Waals surface area contributed by atoms with Crippen LogP contribution in [0.5, 0.6) is 0 Å². The van der Waals surface area contributed by atoms with Gasteiger partial charge in [-0.2, -0.15) is 0 Å². The van der Waals surface area contributed by atoms with Crippen molar-refractivity contribution in [3.63, 3.8) is 0 Å². The normalized spacial score (nSPS) is 11.3. The van der Waals surface area contributed by atoms with Crippen LogP contribution in [0.4, 0.5) is 0 Å². The van der Waals surface area contributed by atoms with Crippen LogP contribution in [0.25, 0.3) is 5.95 Å². The van der Waals surface area contributed by atoms with Crippen LogP contribution in [0.15, 0.2) is 24.4 Å². The zero-order valence-electron chi connectivity index (χ0n) is 14.1. The highest BCUT2D eigenvalue weighted by Crippen LogP contribution is 2.10. The quantitative estimate of drug-likeness (QED) is 0.760. The number of aryl methyl sites for hydroxylation is 2. The second kappa shape index (κ2) is 8.06. The molecule has 0 aromatic carbocycles. The van der Waals surface area contributed by atoms with Crippen molar-refractivity contribution >= 4 is 0 Å². The van der Waals surface area contributed by atoms with Crippen molar-refractivity contribution in [1.29, 1.82) is 0 Å². The van der Waals surface area contributed by atoms with Gasteiger partial charge in [-0.05, 0) is 45.1 Å². The van der Waals surface area contributed by atoms with Gasteiger partial charge in [-0.1, -0.05) is 13.8 Å². The molecule has 2 heterocycles. The molecule has 120 valence electrons. The van der Waals surface area contributed by atoms with Crippen molar-refractivity contribution in [2.75, 3.05) is 26.2 Å². The Hall–Kier alpha value is -1.72. The molecule has 0 unspecified atom stereocenters. The molecule has 5 nitrogen and oxygen atoms in total. The Morgan fingerprint density at radius 2 is 1.82 bits per heavy atom. The summed E-state index contributed by atoms with van der Waals surface area (Å²) in [4.78, 5) is 11.5. The first-order chi connectivity index (χ1) is 10.6. The maximum absolute atomic E-state index is 4.54. The molecule has 0 amide bonds. The lowest BCUT2D eigenvalue weighted by Gasteiger charge is -2.18. The van der Waals surface area contributed by atoms with E-state index >= 15 is 0 Å². The van der Waals surface area contributed by atoms with Crippen molar-refractivity contribution in [3.05, 3.63) is 41.5 Å². The first-order valence-electron chi connectivity index (χ1n) is 8.06. The van der Waals surface area contributed by atoms with E-state index in [1.54, 1.807) is 0 Å². The molecule has 2 aromatic rings. The summed E-state index contributed by atoms with van der Waals surface area (Å²) in [5.74, 6) is 0.753. The summed E-state index contributed by atoms with van der Waals surface area (Å²) in [6.45, 7) is 13.5. The Labute approximate surface area is 133 Å². The van der Waals surface area contributed by atoms with Gasteiger partial charge in [0.05, 0.1) is 0 Å². The summed E-state index contributed by atoms with van der Waals surface area (Å²) in [6.07, 6.45) is 2.02. The van der Waals surface area contributed by atoms with E-state index in [4.69, 9.17) is 0 Å². The van der Waals surface area contributed by atoms with E-state index in [0.717, 1.165) is 50.1 Å². The fraction of sp³-hybridized carbons (Fsp3) is 0.529. The monoisotopic (exact) mass is 301 g/mol. The van der Waals surface area contributed by atoms with E-state index in [2.05, 4.69) is 44.7 Å². The highest BCUT2D eigenvalue weighted by atomic mass is 15.2. The molecule has 0 spiro atoms. The fourth-order valence-corrected chi connectivity index (χ4v) is 2.56. The minimum atomic E-state index is 0.753. The van der Waals surface area contributed by atoms with Crippen LogP contribution in [-0.2, 0) is 6.54 Å². The van der Waals surface area contributed by atoms with Crippen LogP contribution < -0.4 is 5.32 Å². The highest BCUT2D eigenvalue weighted by molar-refractivity contribution is 5.24. The van der Waals surface area contributed by atoms with Gasteiger partial charge >= 0.3 is 0 Å². The predicted molar refractivity (Wildman–Crippen MR) is 90.3 cm³/mol. The molecule has 2 rings (SSSR count). The smallest absolute Gasteiger partial charge is 0.234 e. The van der Waals surface area contributed by atoms with Crippen LogP contribution >= 0.6 is 0 Å². The van der Waals surface area contributed by atoms with Crippen molar-refractivity contribution in [3.8, 4) is 5.95 Å². The number of likely N-dealkylation sites (N-methyl/N-ethyl adjacent to an activating group) is 1. The van der Waals surface area contributed by atoms with Gasteiger partial charge in [-0.15, -0.1) is 0 Å². The van der Waals surface area contributed by atoms with E-state index in [9.17, 15) is 0 Å². The maximum Gasteiger partial charge on any atom is 0.234 e. The minimum absolute atomic E-state index is 0.753. The Kier molecular flexibility index (Phi) is 6.10. The summed E-state index contributed by atoms with van der Waals surface area (Å²) in [7, 11) is 0. The van der Waals surface area contributed by atoms with Gasteiger partial charge < -0.3 is 10.2 Å². The van der Waals surface area contributed by atoms with Crippen molar-refractivity contribution in [1.82, 2.24) is 24.8 Å². The predicted octanol–water partition coefficient (Wildman–Crippen LogP) is 2.32. The van der Waals surface area contributed by atoms with Gasteiger partial charge in [0.1, 0.15) is 0 Å². The average Bonchev–Trinajstić information content (AvgIpc) is 2.95. The van der Waals surface area contributed by atoms with Gasteiger partial charge in [0, 0.05) is 42.9 Å². The number of nitrogens with one attached hydrogen (secondary N) is 1. The molecule has 5 heteroatoms. The van der Waals surface area contributed by atoms with Crippen LogP contribution in [-0.4, -0.2) is 45.6 Å². The molecule has 0 radical (unpaired) electrons. The van der Waals surface area contributed by atoms with Crippen LogP contribution in [0, 0.1) is 13.8 Å². The third kappa shape index (κ3) is 4.39. The maximum atomic E-state index is 4.54. The Morgan fingerprint density at radius 1 is 1.14 bits per heavy atom. The number of hydrogen-bond donors (Lipinski definition) is 1. The zero-order valence-corrected chi connectivity index (χ0v) is 14.1. The molecule has 0 fully saturated rings. The first kappa shape index (κ1) is 16.6. The second-order valence-corrected chi connectivity index (χ2v) is 5.52. The molecule has 0 saturated heterocycles. The summed E-state index contributed by atoms with van der Waals surface area (Å²) in [5, 5.41) is 3.51. The standard InChI is InChI=1S/C17H27N5/c1-5-21(6-2)11-9-18-13-16-8-7-10-22(16)17-19-14(3)12-15(4)20-17/h7-8,10,12,18H,5-6,9,11,13H2,1-4H3. The largest absolute Gasteiger partial charge is 0.310 e. The SMILES string of the molecule is CCN(CC)CCNCc1cccn1-c1nc(C)cc(C)n1. The molecule has 1 N–H and O–H groups in total. The van der Waals surface area contributed by atoms with Gasteiger partial charge in [-0.25, -0.2) is 9.97 Å². The molecule has 22 heavy (non-hydrogen) atoms. The van der Waals surface area contributed by atoms with E-state index in [0.29, 0.717) is 0 Å². The molecular formula is C17H27N5. The lowest BCUT2D eigenvalue weighted by Crippen LogP contribution is -2.32. The van der Waals surface area contributed by atoms with Crippen molar-refractivity contribution < 1.29 is 0 Å². The van der Waals surface area contributed by atoms with Crippen LogP contribution in [0.2, 0.25) is 0 Å². The molecule has 0 aliphatic carbocycles.